The van der Waals surface area contributed by atoms with Gasteiger partial charge in [-0.25, -0.2) is 0 Å². The minimum Gasteiger partial charge on any atom is -0.352 e. The number of aromatic nitrogens is 1. The van der Waals surface area contributed by atoms with E-state index in [2.05, 4.69) is 26.2 Å². The van der Waals surface area contributed by atoms with Gasteiger partial charge in [0, 0.05) is 16.6 Å². The number of aryl methyl sites for hydroxylation is 1. The van der Waals surface area contributed by atoms with Crippen LogP contribution >= 0.6 is 15.9 Å². The highest BCUT2D eigenvalue weighted by atomic mass is 79.9. The summed E-state index contributed by atoms with van der Waals surface area (Å²) in [5.41, 5.74) is 3.05. The zero-order chi connectivity index (χ0) is 17.1. The molecule has 24 heavy (non-hydrogen) atoms. The standard InChI is InChI=1S/C19H17BrN2O2/c1-12-5-4-6-13-11-14(18(23)22-17(12)13)9-10-21-19(24)15-7-2-3-8-16(15)20/h2-8,11H,9-10H2,1H3,(H,21,24)(H,22,23). The highest BCUT2D eigenvalue weighted by molar-refractivity contribution is 9.10. The van der Waals surface area contributed by atoms with Crippen LogP contribution in [0.15, 0.2) is 57.8 Å². The lowest BCUT2D eigenvalue weighted by Gasteiger charge is -2.08. The van der Waals surface area contributed by atoms with Gasteiger partial charge < -0.3 is 10.3 Å². The van der Waals surface area contributed by atoms with E-state index >= 15 is 0 Å². The fourth-order valence-corrected chi connectivity index (χ4v) is 3.13. The van der Waals surface area contributed by atoms with Crippen LogP contribution in [0.3, 0.4) is 0 Å². The number of nitrogens with one attached hydrogen (secondary N) is 2. The monoisotopic (exact) mass is 384 g/mol. The first-order valence-electron chi connectivity index (χ1n) is 7.70. The molecule has 0 aliphatic carbocycles. The molecule has 0 aliphatic rings. The van der Waals surface area contributed by atoms with E-state index in [4.69, 9.17) is 0 Å². The Morgan fingerprint density at radius 1 is 1.17 bits per heavy atom. The highest BCUT2D eigenvalue weighted by Gasteiger charge is 2.09. The molecule has 3 rings (SSSR count). The van der Waals surface area contributed by atoms with E-state index in [-0.39, 0.29) is 11.5 Å². The molecular formula is C19H17BrN2O2. The normalized spacial score (nSPS) is 10.8. The number of aromatic amines is 1. The van der Waals surface area contributed by atoms with E-state index in [1.54, 1.807) is 6.07 Å². The van der Waals surface area contributed by atoms with Crippen molar-refractivity contribution in [2.45, 2.75) is 13.3 Å². The molecule has 1 amide bonds. The summed E-state index contributed by atoms with van der Waals surface area (Å²) in [6, 6.07) is 15.1. The SMILES string of the molecule is Cc1cccc2cc(CCNC(=O)c3ccccc3Br)c(=O)[nH]c12. The maximum absolute atomic E-state index is 12.2. The molecule has 5 heteroatoms. The van der Waals surface area contributed by atoms with Crippen LogP contribution in [0.25, 0.3) is 10.9 Å². The lowest BCUT2D eigenvalue weighted by Crippen LogP contribution is -2.27. The van der Waals surface area contributed by atoms with Crippen molar-refractivity contribution in [3.63, 3.8) is 0 Å². The van der Waals surface area contributed by atoms with E-state index in [0.717, 1.165) is 20.9 Å². The Balaban J connectivity index is 1.72. The van der Waals surface area contributed by atoms with Crippen LogP contribution in [0, 0.1) is 6.92 Å². The second kappa shape index (κ2) is 7.01. The number of carbonyl (C=O) groups excluding carboxylic acids is 1. The van der Waals surface area contributed by atoms with Crippen molar-refractivity contribution >= 4 is 32.7 Å². The van der Waals surface area contributed by atoms with Gasteiger partial charge in [0.05, 0.1) is 11.1 Å². The topological polar surface area (TPSA) is 62.0 Å². The number of benzene rings is 2. The molecule has 0 fully saturated rings. The van der Waals surface area contributed by atoms with Crippen LogP contribution in [0.2, 0.25) is 0 Å². The van der Waals surface area contributed by atoms with Gasteiger partial charge in [0.2, 0.25) is 0 Å². The molecule has 1 heterocycles. The van der Waals surface area contributed by atoms with Gasteiger partial charge in [0.1, 0.15) is 0 Å². The molecule has 0 radical (unpaired) electrons. The molecule has 0 unspecified atom stereocenters. The third kappa shape index (κ3) is 3.41. The number of carbonyl (C=O) groups is 1. The summed E-state index contributed by atoms with van der Waals surface area (Å²) in [6.07, 6.45) is 0.482. The number of H-pyrrole nitrogens is 1. The van der Waals surface area contributed by atoms with Crippen molar-refractivity contribution in [3.8, 4) is 0 Å². The molecule has 1 aromatic heterocycles. The Bertz CT molecular complexity index is 963. The highest BCUT2D eigenvalue weighted by Crippen LogP contribution is 2.16. The first kappa shape index (κ1) is 16.5. The van der Waals surface area contributed by atoms with Gasteiger partial charge in [0.25, 0.3) is 11.5 Å². The first-order chi connectivity index (χ1) is 11.6. The maximum Gasteiger partial charge on any atom is 0.252 e. The van der Waals surface area contributed by atoms with Gasteiger partial charge in [-0.05, 0) is 58.4 Å². The van der Waals surface area contributed by atoms with Crippen LogP contribution in [0.5, 0.6) is 0 Å². The molecule has 0 saturated carbocycles. The average Bonchev–Trinajstić information content (AvgIpc) is 2.56. The zero-order valence-electron chi connectivity index (χ0n) is 13.2. The molecule has 0 saturated heterocycles. The molecule has 3 aromatic rings. The summed E-state index contributed by atoms with van der Waals surface area (Å²) in [7, 11) is 0. The molecule has 0 spiro atoms. The Morgan fingerprint density at radius 2 is 1.96 bits per heavy atom. The van der Waals surface area contributed by atoms with Gasteiger partial charge in [-0.2, -0.15) is 0 Å². The number of hydrogen-bond acceptors (Lipinski definition) is 2. The Morgan fingerprint density at radius 3 is 2.75 bits per heavy atom. The molecule has 0 bridgehead atoms. The van der Waals surface area contributed by atoms with Gasteiger partial charge in [0.15, 0.2) is 0 Å². The molecule has 0 aliphatic heterocycles. The van der Waals surface area contributed by atoms with E-state index in [9.17, 15) is 9.59 Å². The van der Waals surface area contributed by atoms with Gasteiger partial charge in [-0.1, -0.05) is 30.3 Å². The predicted molar refractivity (Wildman–Crippen MR) is 99.5 cm³/mol. The maximum atomic E-state index is 12.2. The van der Waals surface area contributed by atoms with Crippen molar-refractivity contribution in [1.29, 1.82) is 0 Å². The summed E-state index contributed by atoms with van der Waals surface area (Å²) < 4.78 is 0.751. The molecule has 2 aromatic carbocycles. The fraction of sp³-hybridized carbons (Fsp3) is 0.158. The van der Waals surface area contributed by atoms with Crippen molar-refractivity contribution in [1.82, 2.24) is 10.3 Å². The van der Waals surface area contributed by atoms with Crippen molar-refractivity contribution in [2.75, 3.05) is 6.54 Å². The summed E-state index contributed by atoms with van der Waals surface area (Å²) in [4.78, 5) is 27.3. The van der Waals surface area contributed by atoms with E-state index in [1.165, 1.54) is 0 Å². The number of amides is 1. The zero-order valence-corrected chi connectivity index (χ0v) is 14.8. The van der Waals surface area contributed by atoms with Crippen LogP contribution in [0.1, 0.15) is 21.5 Å². The summed E-state index contributed by atoms with van der Waals surface area (Å²) in [5.74, 6) is -0.157. The van der Waals surface area contributed by atoms with Crippen LogP contribution in [0.4, 0.5) is 0 Å². The second-order valence-corrected chi connectivity index (χ2v) is 6.50. The fourth-order valence-electron chi connectivity index (χ4n) is 2.67. The molecular weight excluding hydrogens is 368 g/mol. The van der Waals surface area contributed by atoms with Crippen molar-refractivity contribution in [2.24, 2.45) is 0 Å². The van der Waals surface area contributed by atoms with Gasteiger partial charge in [-0.3, -0.25) is 9.59 Å². The molecule has 2 N–H and O–H groups in total. The van der Waals surface area contributed by atoms with E-state index in [0.29, 0.717) is 24.1 Å². The lowest BCUT2D eigenvalue weighted by molar-refractivity contribution is 0.0953. The van der Waals surface area contributed by atoms with Crippen molar-refractivity contribution < 1.29 is 4.79 Å². The Kier molecular flexibility index (Phi) is 4.81. The summed E-state index contributed by atoms with van der Waals surface area (Å²) in [6.45, 7) is 2.37. The Hall–Kier alpha value is -2.40. The predicted octanol–water partition coefficient (Wildman–Crippen LogP) is 3.57. The number of pyridine rings is 1. The van der Waals surface area contributed by atoms with Gasteiger partial charge >= 0.3 is 0 Å². The van der Waals surface area contributed by atoms with Crippen molar-refractivity contribution in [3.05, 3.63) is 80.0 Å². The first-order valence-corrected chi connectivity index (χ1v) is 8.50. The number of para-hydroxylation sites is 1. The van der Waals surface area contributed by atoms with Crippen LogP contribution < -0.4 is 10.9 Å². The minimum atomic E-state index is -0.157. The lowest BCUT2D eigenvalue weighted by atomic mass is 10.1. The smallest absolute Gasteiger partial charge is 0.252 e. The third-order valence-corrected chi connectivity index (χ3v) is 4.65. The number of fused-ring (bicyclic) bond motifs is 1. The molecule has 122 valence electrons. The van der Waals surface area contributed by atoms with Crippen LogP contribution in [-0.2, 0) is 6.42 Å². The summed E-state index contributed by atoms with van der Waals surface area (Å²) >= 11 is 3.36. The molecule has 0 atom stereocenters. The Labute approximate surface area is 148 Å². The number of rotatable bonds is 4. The third-order valence-electron chi connectivity index (χ3n) is 3.96. The van der Waals surface area contributed by atoms with Crippen LogP contribution in [-0.4, -0.2) is 17.4 Å². The number of hydrogen-bond donors (Lipinski definition) is 2. The average molecular weight is 385 g/mol. The molecule has 4 nitrogen and oxygen atoms in total. The summed E-state index contributed by atoms with van der Waals surface area (Å²) in [5, 5.41) is 3.85. The quantitative estimate of drug-likeness (QED) is 0.721. The van der Waals surface area contributed by atoms with Gasteiger partial charge in [-0.15, -0.1) is 0 Å². The van der Waals surface area contributed by atoms with E-state index in [1.807, 2.05) is 49.4 Å². The number of halogens is 1. The largest absolute Gasteiger partial charge is 0.352 e. The minimum absolute atomic E-state index is 0.105. The second-order valence-electron chi connectivity index (χ2n) is 5.65. The van der Waals surface area contributed by atoms with E-state index < -0.39 is 0 Å².